The maximum Gasteiger partial charge on any atom is 0.243 e. The van der Waals surface area contributed by atoms with Crippen molar-refractivity contribution in [3.05, 3.63) is 30.3 Å². The molecule has 4 nitrogen and oxygen atoms in total. The minimum Gasteiger partial charge on any atom is -0.392 e. The van der Waals surface area contributed by atoms with Gasteiger partial charge >= 0.3 is 0 Å². The molecule has 0 aromatic heterocycles. The standard InChI is InChI=1S/C11H14N2O2S2/c12-11(16)10-7-4-8-13(10)17(14,15)9-5-2-1-3-6-9/h1-3,5-6,10H,4,7-8H2,(H2,12,16). The molecule has 1 aliphatic rings. The Bertz CT molecular complexity index is 514. The third-order valence-electron chi connectivity index (χ3n) is 2.88. The zero-order chi connectivity index (χ0) is 12.5. The van der Waals surface area contributed by atoms with Crippen LogP contribution < -0.4 is 5.73 Å². The molecule has 0 spiro atoms. The number of rotatable bonds is 3. The van der Waals surface area contributed by atoms with E-state index in [-0.39, 0.29) is 11.0 Å². The number of nitrogens with zero attached hydrogens (tertiary/aromatic N) is 1. The fourth-order valence-electron chi connectivity index (χ4n) is 2.04. The van der Waals surface area contributed by atoms with Crippen molar-refractivity contribution in [1.82, 2.24) is 4.31 Å². The van der Waals surface area contributed by atoms with Crippen LogP contribution in [0, 0.1) is 0 Å². The first-order valence-electron chi connectivity index (χ1n) is 5.39. The molecule has 6 heteroatoms. The van der Waals surface area contributed by atoms with Gasteiger partial charge in [0.25, 0.3) is 0 Å². The van der Waals surface area contributed by atoms with Gasteiger partial charge in [0.2, 0.25) is 10.0 Å². The van der Waals surface area contributed by atoms with Gasteiger partial charge in [0, 0.05) is 6.54 Å². The summed E-state index contributed by atoms with van der Waals surface area (Å²) in [7, 11) is -3.47. The zero-order valence-corrected chi connectivity index (χ0v) is 10.9. The third kappa shape index (κ3) is 2.34. The van der Waals surface area contributed by atoms with Crippen molar-refractivity contribution in [2.75, 3.05) is 6.54 Å². The van der Waals surface area contributed by atoms with Crippen LogP contribution in [-0.4, -0.2) is 30.3 Å². The van der Waals surface area contributed by atoms with E-state index in [1.807, 2.05) is 0 Å². The van der Waals surface area contributed by atoms with Crippen LogP contribution in [-0.2, 0) is 10.0 Å². The predicted octanol–water partition coefficient (Wildman–Crippen LogP) is 1.13. The van der Waals surface area contributed by atoms with Crippen molar-refractivity contribution >= 4 is 27.2 Å². The highest BCUT2D eigenvalue weighted by atomic mass is 32.2. The lowest BCUT2D eigenvalue weighted by Gasteiger charge is -2.22. The van der Waals surface area contributed by atoms with Crippen molar-refractivity contribution in [2.45, 2.75) is 23.8 Å². The van der Waals surface area contributed by atoms with E-state index in [9.17, 15) is 8.42 Å². The van der Waals surface area contributed by atoms with Gasteiger partial charge in [0.15, 0.2) is 0 Å². The second-order valence-electron chi connectivity index (χ2n) is 3.99. The molecule has 0 bridgehead atoms. The highest BCUT2D eigenvalue weighted by molar-refractivity contribution is 7.89. The van der Waals surface area contributed by atoms with Crippen molar-refractivity contribution in [1.29, 1.82) is 0 Å². The van der Waals surface area contributed by atoms with E-state index in [1.165, 1.54) is 4.31 Å². The van der Waals surface area contributed by atoms with Crippen molar-refractivity contribution in [2.24, 2.45) is 5.73 Å². The number of nitrogens with two attached hydrogens (primary N) is 1. The Hall–Kier alpha value is -0.980. The Labute approximate surface area is 106 Å². The first-order chi connectivity index (χ1) is 8.03. The Kier molecular flexibility index (Phi) is 3.46. The van der Waals surface area contributed by atoms with Crippen LogP contribution >= 0.6 is 12.2 Å². The van der Waals surface area contributed by atoms with Crippen molar-refractivity contribution < 1.29 is 8.42 Å². The summed E-state index contributed by atoms with van der Waals surface area (Å²) in [6, 6.07) is 8.04. The summed E-state index contributed by atoms with van der Waals surface area (Å²) in [4.78, 5) is 0.546. The molecule has 0 radical (unpaired) electrons. The van der Waals surface area contributed by atoms with Gasteiger partial charge in [-0.2, -0.15) is 4.31 Å². The van der Waals surface area contributed by atoms with Crippen LogP contribution in [0.25, 0.3) is 0 Å². The molecule has 0 amide bonds. The number of hydrogen-bond donors (Lipinski definition) is 1. The van der Waals surface area contributed by atoms with Crippen molar-refractivity contribution in [3.63, 3.8) is 0 Å². The number of sulfonamides is 1. The van der Waals surface area contributed by atoms with E-state index in [2.05, 4.69) is 0 Å². The quantitative estimate of drug-likeness (QED) is 0.836. The Balaban J connectivity index is 2.37. The molecule has 92 valence electrons. The molecule has 17 heavy (non-hydrogen) atoms. The van der Waals surface area contributed by atoms with Crippen LogP contribution in [0.4, 0.5) is 0 Å². The second kappa shape index (κ2) is 4.72. The van der Waals surface area contributed by atoms with E-state index < -0.39 is 10.0 Å². The Morgan fingerprint density at radius 1 is 1.35 bits per heavy atom. The normalized spacial score (nSPS) is 21.5. The first kappa shape index (κ1) is 12.5. The maximum absolute atomic E-state index is 12.4. The van der Waals surface area contributed by atoms with Crippen LogP contribution in [0.5, 0.6) is 0 Å². The fourth-order valence-corrected chi connectivity index (χ4v) is 4.05. The zero-order valence-electron chi connectivity index (χ0n) is 9.24. The third-order valence-corrected chi connectivity index (χ3v) is 5.08. The Morgan fingerprint density at radius 3 is 2.59 bits per heavy atom. The fraction of sp³-hybridized carbons (Fsp3) is 0.364. The molecular weight excluding hydrogens is 256 g/mol. The summed E-state index contributed by atoms with van der Waals surface area (Å²) in [5, 5.41) is 0. The molecule has 2 rings (SSSR count). The van der Waals surface area contributed by atoms with Gasteiger partial charge in [-0.05, 0) is 25.0 Å². The molecular formula is C11H14N2O2S2. The molecule has 0 aliphatic carbocycles. The smallest absolute Gasteiger partial charge is 0.243 e. The summed E-state index contributed by atoms with van der Waals surface area (Å²) in [6.45, 7) is 0.485. The lowest BCUT2D eigenvalue weighted by Crippen LogP contribution is -2.42. The SMILES string of the molecule is NC(=S)C1CCCN1S(=O)(=O)c1ccccc1. The minimum absolute atomic E-state index is 0.252. The molecule has 0 saturated carbocycles. The van der Waals surface area contributed by atoms with Gasteiger partial charge < -0.3 is 5.73 Å². The molecule has 1 heterocycles. The van der Waals surface area contributed by atoms with Crippen LogP contribution in [0.2, 0.25) is 0 Å². The molecule has 1 aromatic carbocycles. The van der Waals surface area contributed by atoms with Gasteiger partial charge in [-0.3, -0.25) is 0 Å². The van der Waals surface area contributed by atoms with Gasteiger partial charge in [-0.1, -0.05) is 30.4 Å². The summed E-state index contributed by atoms with van der Waals surface area (Å²) >= 11 is 4.92. The molecule has 1 atom stereocenters. The van der Waals surface area contributed by atoms with E-state index in [4.69, 9.17) is 18.0 Å². The predicted molar refractivity (Wildman–Crippen MR) is 70.1 cm³/mol. The molecule has 1 unspecified atom stereocenters. The van der Waals surface area contributed by atoms with E-state index >= 15 is 0 Å². The number of thiocarbonyl (C=S) groups is 1. The maximum atomic E-state index is 12.4. The summed E-state index contributed by atoms with van der Waals surface area (Å²) in [6.07, 6.45) is 1.51. The molecule has 2 N–H and O–H groups in total. The van der Waals surface area contributed by atoms with Crippen LogP contribution in [0.1, 0.15) is 12.8 Å². The molecule has 1 aliphatic heterocycles. The molecule has 1 saturated heterocycles. The molecule has 1 fully saturated rings. The summed E-state index contributed by atoms with van der Waals surface area (Å²) in [5.74, 6) is 0. The monoisotopic (exact) mass is 270 g/mol. The average Bonchev–Trinajstić information content (AvgIpc) is 2.80. The number of hydrogen-bond acceptors (Lipinski definition) is 3. The second-order valence-corrected chi connectivity index (χ2v) is 6.35. The largest absolute Gasteiger partial charge is 0.392 e. The van der Waals surface area contributed by atoms with Gasteiger partial charge in [-0.25, -0.2) is 8.42 Å². The number of benzene rings is 1. The van der Waals surface area contributed by atoms with Gasteiger partial charge in [0.05, 0.1) is 15.9 Å². The lowest BCUT2D eigenvalue weighted by atomic mass is 10.2. The van der Waals surface area contributed by atoms with Gasteiger partial charge in [0.1, 0.15) is 0 Å². The average molecular weight is 270 g/mol. The highest BCUT2D eigenvalue weighted by Crippen LogP contribution is 2.25. The minimum atomic E-state index is -3.47. The summed E-state index contributed by atoms with van der Waals surface area (Å²) < 4.78 is 26.1. The first-order valence-corrected chi connectivity index (χ1v) is 7.24. The Morgan fingerprint density at radius 2 is 2.00 bits per heavy atom. The van der Waals surface area contributed by atoms with E-state index in [1.54, 1.807) is 30.3 Å². The van der Waals surface area contributed by atoms with Crippen LogP contribution in [0.3, 0.4) is 0 Å². The highest BCUT2D eigenvalue weighted by Gasteiger charge is 2.36. The lowest BCUT2D eigenvalue weighted by molar-refractivity contribution is 0.446. The van der Waals surface area contributed by atoms with Gasteiger partial charge in [-0.15, -0.1) is 0 Å². The van der Waals surface area contributed by atoms with E-state index in [0.717, 1.165) is 6.42 Å². The topological polar surface area (TPSA) is 63.4 Å². The van der Waals surface area contributed by atoms with E-state index in [0.29, 0.717) is 17.9 Å². The van der Waals surface area contributed by atoms with Crippen LogP contribution in [0.15, 0.2) is 35.2 Å². The van der Waals surface area contributed by atoms with Crippen molar-refractivity contribution in [3.8, 4) is 0 Å². The molecule has 1 aromatic rings. The summed E-state index contributed by atoms with van der Waals surface area (Å²) in [5.41, 5.74) is 5.59.